The molecule has 0 spiro atoms. The summed E-state index contributed by atoms with van der Waals surface area (Å²) in [7, 11) is 0. The zero-order chi connectivity index (χ0) is 22.8. The van der Waals surface area contributed by atoms with E-state index in [1.807, 2.05) is 0 Å². The molecule has 1 aliphatic heterocycles. The number of carbonyl (C=O) groups excluding carboxylic acids is 2. The summed E-state index contributed by atoms with van der Waals surface area (Å²) < 4.78 is 0. The monoisotopic (exact) mass is 457 g/mol. The number of benzene rings is 1. The minimum atomic E-state index is -0.482. The van der Waals surface area contributed by atoms with Gasteiger partial charge in [0.15, 0.2) is 0 Å². The van der Waals surface area contributed by atoms with Crippen LogP contribution >= 0.6 is 11.3 Å². The highest BCUT2D eigenvalue weighted by Gasteiger charge is 2.28. The summed E-state index contributed by atoms with van der Waals surface area (Å²) >= 11 is 1.48. The second kappa shape index (κ2) is 9.25. The average Bonchev–Trinajstić information content (AvgIpc) is 3.11. The van der Waals surface area contributed by atoms with Crippen LogP contribution in [0.3, 0.4) is 0 Å². The van der Waals surface area contributed by atoms with Gasteiger partial charge >= 0.3 is 0 Å². The normalized spacial score (nSPS) is 18.8. The van der Waals surface area contributed by atoms with E-state index in [4.69, 9.17) is 5.73 Å². The third-order valence-electron chi connectivity index (χ3n) is 6.18. The fourth-order valence-corrected chi connectivity index (χ4v) is 5.85. The van der Waals surface area contributed by atoms with Crippen molar-refractivity contribution in [1.82, 2.24) is 4.90 Å². The molecule has 4 rings (SSSR count). The molecule has 9 nitrogen and oxygen atoms in total. The molecule has 2 aromatic rings. The zero-order valence-electron chi connectivity index (χ0n) is 18.0. The predicted molar refractivity (Wildman–Crippen MR) is 124 cm³/mol. The molecular weight excluding hydrogens is 430 g/mol. The zero-order valence-corrected chi connectivity index (χ0v) is 18.8. The highest BCUT2D eigenvalue weighted by molar-refractivity contribution is 7.17. The standard InChI is InChI=1S/C22H27N5O4S/c1-14-2-7-17-18(12-14)32-22(20(17)21(23)29)24-19(28)13-25-8-10-26(11-9-25)15-3-5-16(6-4-15)27(30)31/h3-6,14H,2,7-13H2,1H3,(H2,23,29)(H,24,28). The molecule has 0 saturated carbocycles. The van der Waals surface area contributed by atoms with E-state index in [0.717, 1.165) is 48.5 Å². The number of amides is 2. The lowest BCUT2D eigenvalue weighted by atomic mass is 9.88. The summed E-state index contributed by atoms with van der Waals surface area (Å²) in [4.78, 5) is 40.6. The Morgan fingerprint density at radius 2 is 1.91 bits per heavy atom. The number of nitro groups is 1. The van der Waals surface area contributed by atoms with Crippen LogP contribution in [0.2, 0.25) is 0 Å². The molecule has 10 heteroatoms. The summed E-state index contributed by atoms with van der Waals surface area (Å²) in [6.07, 6.45) is 2.77. The summed E-state index contributed by atoms with van der Waals surface area (Å²) in [5.41, 5.74) is 8.13. The Bertz CT molecular complexity index is 1030. The van der Waals surface area contributed by atoms with Crippen molar-refractivity contribution in [3.05, 3.63) is 50.4 Å². The van der Waals surface area contributed by atoms with Crippen LogP contribution < -0.4 is 16.0 Å². The third kappa shape index (κ3) is 4.76. The van der Waals surface area contributed by atoms with Gasteiger partial charge in [-0.05, 0) is 42.9 Å². The van der Waals surface area contributed by atoms with Crippen LogP contribution in [0.4, 0.5) is 16.4 Å². The van der Waals surface area contributed by atoms with Crippen molar-refractivity contribution < 1.29 is 14.5 Å². The molecule has 1 atom stereocenters. The first-order chi connectivity index (χ1) is 15.3. The number of piperazine rings is 1. The number of hydrogen-bond donors (Lipinski definition) is 2. The van der Waals surface area contributed by atoms with Crippen molar-refractivity contribution in [3.8, 4) is 0 Å². The van der Waals surface area contributed by atoms with Crippen molar-refractivity contribution in [3.63, 3.8) is 0 Å². The molecular formula is C22H27N5O4S. The van der Waals surface area contributed by atoms with Crippen LogP contribution in [0.15, 0.2) is 24.3 Å². The molecule has 1 unspecified atom stereocenters. The minimum absolute atomic E-state index is 0.0732. The number of rotatable bonds is 6. The number of primary amides is 1. The first kappa shape index (κ1) is 22.2. The van der Waals surface area contributed by atoms with E-state index in [-0.39, 0.29) is 18.1 Å². The number of nitrogens with zero attached hydrogens (tertiary/aromatic N) is 3. The molecule has 32 heavy (non-hydrogen) atoms. The highest BCUT2D eigenvalue weighted by atomic mass is 32.1. The van der Waals surface area contributed by atoms with Gasteiger partial charge in [-0.3, -0.25) is 24.6 Å². The van der Waals surface area contributed by atoms with E-state index in [9.17, 15) is 19.7 Å². The number of hydrogen-bond acceptors (Lipinski definition) is 7. The van der Waals surface area contributed by atoms with Gasteiger partial charge in [-0.1, -0.05) is 6.92 Å². The van der Waals surface area contributed by atoms with E-state index in [2.05, 4.69) is 22.0 Å². The quantitative estimate of drug-likeness (QED) is 0.508. The fraction of sp³-hybridized carbons (Fsp3) is 0.455. The molecule has 3 N–H and O–H groups in total. The number of anilines is 2. The fourth-order valence-electron chi connectivity index (χ4n) is 4.42. The smallest absolute Gasteiger partial charge is 0.269 e. The molecule has 170 valence electrons. The van der Waals surface area contributed by atoms with Crippen LogP contribution in [-0.4, -0.2) is 54.4 Å². The van der Waals surface area contributed by atoms with Gasteiger partial charge in [0.25, 0.3) is 11.6 Å². The molecule has 1 aliphatic carbocycles. The molecule has 0 radical (unpaired) electrons. The Morgan fingerprint density at radius 1 is 1.22 bits per heavy atom. The van der Waals surface area contributed by atoms with Crippen LogP contribution in [0.1, 0.15) is 34.1 Å². The Kier molecular flexibility index (Phi) is 6.43. The summed E-state index contributed by atoms with van der Waals surface area (Å²) in [6.45, 7) is 5.29. The van der Waals surface area contributed by atoms with Crippen molar-refractivity contribution in [2.45, 2.75) is 26.2 Å². The first-order valence-corrected chi connectivity index (χ1v) is 11.6. The second-order valence-electron chi connectivity index (χ2n) is 8.51. The highest BCUT2D eigenvalue weighted by Crippen LogP contribution is 2.39. The lowest BCUT2D eigenvalue weighted by Gasteiger charge is -2.35. The molecule has 1 fully saturated rings. The van der Waals surface area contributed by atoms with Gasteiger partial charge < -0.3 is 16.0 Å². The van der Waals surface area contributed by atoms with E-state index in [1.165, 1.54) is 23.5 Å². The molecule has 1 aromatic heterocycles. The van der Waals surface area contributed by atoms with E-state index >= 15 is 0 Å². The van der Waals surface area contributed by atoms with Crippen molar-refractivity contribution in [1.29, 1.82) is 0 Å². The Balaban J connectivity index is 1.34. The Hall–Kier alpha value is -2.98. The number of thiophene rings is 1. The average molecular weight is 458 g/mol. The van der Waals surface area contributed by atoms with Gasteiger partial charge in [-0.2, -0.15) is 0 Å². The van der Waals surface area contributed by atoms with Gasteiger partial charge in [-0.25, -0.2) is 0 Å². The van der Waals surface area contributed by atoms with Gasteiger partial charge in [0.1, 0.15) is 5.00 Å². The maximum absolute atomic E-state index is 12.7. The van der Waals surface area contributed by atoms with Gasteiger partial charge in [-0.15, -0.1) is 11.3 Å². The summed E-state index contributed by atoms with van der Waals surface area (Å²) in [5.74, 6) is -0.0653. The molecule has 1 aromatic carbocycles. The molecule has 1 saturated heterocycles. The van der Waals surface area contributed by atoms with Crippen molar-refractivity contribution in [2.75, 3.05) is 42.9 Å². The maximum atomic E-state index is 12.7. The topological polar surface area (TPSA) is 122 Å². The number of nitrogens with two attached hydrogens (primary N) is 1. The number of nitro benzene ring substituents is 1. The molecule has 2 aliphatic rings. The Morgan fingerprint density at radius 3 is 2.53 bits per heavy atom. The number of fused-ring (bicyclic) bond motifs is 1. The maximum Gasteiger partial charge on any atom is 0.269 e. The Labute approximate surface area is 190 Å². The minimum Gasteiger partial charge on any atom is -0.369 e. The SMILES string of the molecule is CC1CCc2c(sc(NC(=O)CN3CCN(c4ccc([N+](=O)[O-])cc4)CC3)c2C(N)=O)C1. The lowest BCUT2D eigenvalue weighted by molar-refractivity contribution is -0.384. The molecule has 0 bridgehead atoms. The predicted octanol–water partition coefficient (Wildman–Crippen LogP) is 2.64. The first-order valence-electron chi connectivity index (χ1n) is 10.8. The van der Waals surface area contributed by atoms with Crippen LogP contribution in [-0.2, 0) is 17.6 Å². The van der Waals surface area contributed by atoms with Crippen LogP contribution in [0.5, 0.6) is 0 Å². The van der Waals surface area contributed by atoms with E-state index in [1.54, 1.807) is 12.1 Å². The number of non-ortho nitro benzene ring substituents is 1. The summed E-state index contributed by atoms with van der Waals surface area (Å²) in [5, 5.41) is 14.3. The lowest BCUT2D eigenvalue weighted by Crippen LogP contribution is -2.48. The molecule has 2 heterocycles. The van der Waals surface area contributed by atoms with Gasteiger partial charge in [0.2, 0.25) is 5.91 Å². The van der Waals surface area contributed by atoms with Crippen LogP contribution in [0.25, 0.3) is 0 Å². The molecule has 2 amide bonds. The number of nitrogens with one attached hydrogen (secondary N) is 1. The van der Waals surface area contributed by atoms with Gasteiger partial charge in [0.05, 0.1) is 17.0 Å². The van der Waals surface area contributed by atoms with Gasteiger partial charge in [0, 0.05) is 48.9 Å². The van der Waals surface area contributed by atoms with Crippen LogP contribution in [0, 0.1) is 16.0 Å². The van der Waals surface area contributed by atoms with E-state index in [0.29, 0.717) is 29.6 Å². The van der Waals surface area contributed by atoms with Crippen molar-refractivity contribution in [2.24, 2.45) is 11.7 Å². The van der Waals surface area contributed by atoms with E-state index < -0.39 is 10.8 Å². The van der Waals surface area contributed by atoms with Crippen molar-refractivity contribution >= 4 is 39.5 Å². The number of carbonyl (C=O) groups is 2. The summed E-state index contributed by atoms with van der Waals surface area (Å²) in [6, 6.07) is 6.52. The largest absolute Gasteiger partial charge is 0.369 e. The third-order valence-corrected chi connectivity index (χ3v) is 7.35. The second-order valence-corrected chi connectivity index (χ2v) is 9.61.